The SMILES string of the molecule is Cc1cc(-n2c(CC#N)nc3ccccc32)nc(C)n1. The molecule has 0 saturated carbocycles. The Bertz CT molecular complexity index is 806. The highest BCUT2D eigenvalue weighted by molar-refractivity contribution is 5.77. The Kier molecular flexibility index (Phi) is 2.92. The second-order valence-electron chi connectivity index (χ2n) is 4.60. The number of rotatable bonds is 2. The maximum atomic E-state index is 8.99. The topological polar surface area (TPSA) is 67.4 Å². The van der Waals surface area contributed by atoms with E-state index in [2.05, 4.69) is 21.0 Å². The Balaban J connectivity index is 2.33. The van der Waals surface area contributed by atoms with Gasteiger partial charge in [-0.3, -0.25) is 4.57 Å². The van der Waals surface area contributed by atoms with Crippen LogP contribution >= 0.6 is 0 Å². The number of benzene rings is 1. The summed E-state index contributed by atoms with van der Waals surface area (Å²) in [6, 6.07) is 11.9. The predicted molar refractivity (Wildman–Crippen MR) is 75.5 cm³/mol. The minimum Gasteiger partial charge on any atom is -0.279 e. The fraction of sp³-hybridized carbons (Fsp3) is 0.200. The Morgan fingerprint density at radius 2 is 1.95 bits per heavy atom. The van der Waals surface area contributed by atoms with Crippen molar-refractivity contribution in [2.45, 2.75) is 20.3 Å². The van der Waals surface area contributed by atoms with Crippen LogP contribution in [0.25, 0.3) is 16.9 Å². The van der Waals surface area contributed by atoms with Crippen molar-refractivity contribution in [3.05, 3.63) is 47.7 Å². The standard InChI is InChI=1S/C15H13N5/c1-10-9-15(18-11(2)17-10)20-13-6-4-3-5-12(13)19-14(20)7-8-16/h3-6,9H,7H2,1-2H3. The van der Waals surface area contributed by atoms with Gasteiger partial charge in [-0.25, -0.2) is 15.0 Å². The number of para-hydroxylation sites is 2. The zero-order chi connectivity index (χ0) is 14.1. The van der Waals surface area contributed by atoms with Gasteiger partial charge in [0, 0.05) is 11.8 Å². The highest BCUT2D eigenvalue weighted by Gasteiger charge is 2.13. The molecule has 1 aromatic carbocycles. The lowest BCUT2D eigenvalue weighted by atomic mass is 10.3. The normalized spacial score (nSPS) is 10.7. The molecule has 0 spiro atoms. The molecule has 0 aliphatic rings. The van der Waals surface area contributed by atoms with Crippen LogP contribution in [0, 0.1) is 25.2 Å². The van der Waals surface area contributed by atoms with Crippen molar-refractivity contribution >= 4 is 11.0 Å². The molecule has 0 bridgehead atoms. The van der Waals surface area contributed by atoms with E-state index in [9.17, 15) is 0 Å². The van der Waals surface area contributed by atoms with Gasteiger partial charge in [0.2, 0.25) is 0 Å². The zero-order valence-electron chi connectivity index (χ0n) is 11.3. The lowest BCUT2D eigenvalue weighted by Crippen LogP contribution is -2.05. The largest absolute Gasteiger partial charge is 0.279 e. The summed E-state index contributed by atoms with van der Waals surface area (Å²) in [5.74, 6) is 2.17. The average Bonchev–Trinajstić information content (AvgIpc) is 2.76. The molecule has 2 heterocycles. The van der Waals surface area contributed by atoms with Crippen molar-refractivity contribution in [2.75, 3.05) is 0 Å². The van der Waals surface area contributed by atoms with E-state index in [-0.39, 0.29) is 6.42 Å². The van der Waals surface area contributed by atoms with Gasteiger partial charge in [0.1, 0.15) is 17.5 Å². The van der Waals surface area contributed by atoms with Crippen LogP contribution < -0.4 is 0 Å². The fourth-order valence-electron chi connectivity index (χ4n) is 2.33. The van der Waals surface area contributed by atoms with Crippen LogP contribution in [0.4, 0.5) is 0 Å². The van der Waals surface area contributed by atoms with Crippen molar-refractivity contribution in [1.29, 1.82) is 5.26 Å². The van der Waals surface area contributed by atoms with Crippen molar-refractivity contribution in [3.63, 3.8) is 0 Å². The van der Waals surface area contributed by atoms with E-state index < -0.39 is 0 Å². The summed E-state index contributed by atoms with van der Waals surface area (Å²) in [6.45, 7) is 3.79. The van der Waals surface area contributed by atoms with E-state index in [0.717, 1.165) is 22.5 Å². The summed E-state index contributed by atoms with van der Waals surface area (Å²) in [7, 11) is 0. The first-order valence-electron chi connectivity index (χ1n) is 6.35. The monoisotopic (exact) mass is 263 g/mol. The third kappa shape index (κ3) is 2.01. The number of aryl methyl sites for hydroxylation is 2. The molecule has 3 rings (SSSR count). The van der Waals surface area contributed by atoms with Crippen LogP contribution in [0.3, 0.4) is 0 Å². The van der Waals surface area contributed by atoms with Gasteiger partial charge in [-0.15, -0.1) is 0 Å². The number of hydrogen-bond acceptors (Lipinski definition) is 4. The molecule has 0 amide bonds. The molecule has 0 unspecified atom stereocenters. The predicted octanol–water partition coefficient (Wildman–Crippen LogP) is 2.50. The molecule has 0 aliphatic heterocycles. The van der Waals surface area contributed by atoms with Gasteiger partial charge >= 0.3 is 0 Å². The highest BCUT2D eigenvalue weighted by Crippen LogP contribution is 2.21. The Morgan fingerprint density at radius 3 is 2.70 bits per heavy atom. The second-order valence-corrected chi connectivity index (χ2v) is 4.60. The van der Waals surface area contributed by atoms with E-state index in [0.29, 0.717) is 11.6 Å². The summed E-state index contributed by atoms with van der Waals surface area (Å²) in [5.41, 5.74) is 2.72. The van der Waals surface area contributed by atoms with Gasteiger partial charge in [0.05, 0.1) is 23.5 Å². The van der Waals surface area contributed by atoms with E-state index in [1.165, 1.54) is 0 Å². The summed E-state index contributed by atoms with van der Waals surface area (Å²) < 4.78 is 1.93. The third-order valence-electron chi connectivity index (χ3n) is 3.05. The fourth-order valence-corrected chi connectivity index (χ4v) is 2.33. The summed E-state index contributed by atoms with van der Waals surface area (Å²) in [5, 5.41) is 8.99. The Morgan fingerprint density at radius 1 is 1.15 bits per heavy atom. The average molecular weight is 263 g/mol. The molecule has 2 aromatic heterocycles. The number of nitrogens with zero attached hydrogens (tertiary/aromatic N) is 5. The lowest BCUT2D eigenvalue weighted by molar-refractivity contribution is 0.885. The molecular formula is C15H13N5. The maximum absolute atomic E-state index is 8.99. The first kappa shape index (κ1) is 12.3. The van der Waals surface area contributed by atoms with Gasteiger partial charge in [0.15, 0.2) is 0 Å². The quantitative estimate of drug-likeness (QED) is 0.712. The minimum atomic E-state index is 0.247. The van der Waals surface area contributed by atoms with Crippen molar-refractivity contribution in [1.82, 2.24) is 19.5 Å². The first-order valence-corrected chi connectivity index (χ1v) is 6.35. The molecule has 20 heavy (non-hydrogen) atoms. The number of imidazole rings is 1. The molecule has 0 saturated heterocycles. The number of aromatic nitrogens is 4. The van der Waals surface area contributed by atoms with Crippen LogP contribution in [0.2, 0.25) is 0 Å². The molecule has 98 valence electrons. The highest BCUT2D eigenvalue weighted by atomic mass is 15.1. The van der Waals surface area contributed by atoms with Gasteiger partial charge in [-0.05, 0) is 26.0 Å². The maximum Gasteiger partial charge on any atom is 0.142 e. The van der Waals surface area contributed by atoms with Crippen LogP contribution in [-0.2, 0) is 6.42 Å². The van der Waals surface area contributed by atoms with Crippen molar-refractivity contribution in [3.8, 4) is 11.9 Å². The minimum absolute atomic E-state index is 0.247. The molecule has 5 nitrogen and oxygen atoms in total. The van der Waals surface area contributed by atoms with Gasteiger partial charge in [-0.2, -0.15) is 5.26 Å². The summed E-state index contributed by atoms with van der Waals surface area (Å²) in [4.78, 5) is 13.3. The summed E-state index contributed by atoms with van der Waals surface area (Å²) >= 11 is 0. The van der Waals surface area contributed by atoms with E-state index in [1.54, 1.807) is 0 Å². The van der Waals surface area contributed by atoms with Crippen LogP contribution in [0.1, 0.15) is 17.3 Å². The second kappa shape index (κ2) is 4.74. The third-order valence-corrected chi connectivity index (χ3v) is 3.05. The van der Waals surface area contributed by atoms with E-state index in [4.69, 9.17) is 5.26 Å². The molecular weight excluding hydrogens is 250 g/mol. The number of nitriles is 1. The van der Waals surface area contributed by atoms with Crippen LogP contribution in [0.5, 0.6) is 0 Å². The van der Waals surface area contributed by atoms with Gasteiger partial charge < -0.3 is 0 Å². The molecule has 0 N–H and O–H groups in total. The van der Waals surface area contributed by atoms with E-state index in [1.807, 2.05) is 48.7 Å². The molecule has 0 radical (unpaired) electrons. The van der Waals surface area contributed by atoms with Crippen LogP contribution in [-0.4, -0.2) is 19.5 Å². The Hall–Kier alpha value is -2.74. The lowest BCUT2D eigenvalue weighted by Gasteiger charge is -2.08. The van der Waals surface area contributed by atoms with Crippen molar-refractivity contribution < 1.29 is 0 Å². The van der Waals surface area contributed by atoms with Gasteiger partial charge in [-0.1, -0.05) is 12.1 Å². The molecule has 0 aliphatic carbocycles. The molecule has 0 fully saturated rings. The zero-order valence-corrected chi connectivity index (χ0v) is 11.3. The number of hydrogen-bond donors (Lipinski definition) is 0. The van der Waals surface area contributed by atoms with Crippen molar-refractivity contribution in [2.24, 2.45) is 0 Å². The smallest absolute Gasteiger partial charge is 0.142 e. The Labute approximate surface area is 116 Å². The molecule has 5 heteroatoms. The summed E-state index contributed by atoms with van der Waals surface area (Å²) in [6.07, 6.45) is 0.247. The van der Waals surface area contributed by atoms with Crippen LogP contribution in [0.15, 0.2) is 30.3 Å². The first-order chi connectivity index (χ1) is 9.69. The van der Waals surface area contributed by atoms with Gasteiger partial charge in [0.25, 0.3) is 0 Å². The molecule has 3 aromatic rings. The number of fused-ring (bicyclic) bond motifs is 1. The van der Waals surface area contributed by atoms with E-state index >= 15 is 0 Å². The molecule has 0 atom stereocenters.